The second kappa shape index (κ2) is 10.6. The molecule has 0 spiro atoms. The van der Waals surface area contributed by atoms with Gasteiger partial charge in [0.05, 0.1) is 13.2 Å². The Morgan fingerprint density at radius 3 is 2.54 bits per heavy atom. The van der Waals surface area contributed by atoms with E-state index in [2.05, 4.69) is 5.32 Å². The van der Waals surface area contributed by atoms with Gasteiger partial charge in [0.2, 0.25) is 0 Å². The number of nitrogens with one attached hydrogen (secondary N) is 1. The molecule has 24 heavy (non-hydrogen) atoms. The van der Waals surface area contributed by atoms with Gasteiger partial charge in [-0.05, 0) is 25.3 Å². The molecule has 7 heteroatoms. The molecule has 1 aliphatic rings. The summed E-state index contributed by atoms with van der Waals surface area (Å²) in [6.45, 7) is 2.34. The first-order valence-electron chi connectivity index (χ1n) is 7.43. The Labute approximate surface area is 147 Å². The summed E-state index contributed by atoms with van der Waals surface area (Å²) < 4.78 is 5.22. The Morgan fingerprint density at radius 1 is 1.33 bits per heavy atom. The second-order valence-electron chi connectivity index (χ2n) is 4.95. The van der Waals surface area contributed by atoms with Crippen molar-refractivity contribution in [1.29, 1.82) is 10.5 Å². The maximum atomic E-state index is 12.4. The van der Waals surface area contributed by atoms with Gasteiger partial charge in [-0.1, -0.05) is 30.3 Å². The minimum atomic E-state index is -0.885. The van der Waals surface area contributed by atoms with Crippen molar-refractivity contribution in [3.8, 4) is 9.94 Å². The van der Waals surface area contributed by atoms with Gasteiger partial charge in [-0.15, -0.1) is 0 Å². The molecule has 1 aromatic rings. The molecule has 2 rings (SSSR count). The van der Waals surface area contributed by atoms with Gasteiger partial charge in [-0.2, -0.15) is 0 Å². The van der Waals surface area contributed by atoms with Gasteiger partial charge in [-0.3, -0.25) is 10.1 Å². The number of nitrogens with zero attached hydrogens (tertiary/aromatic N) is 2. The van der Waals surface area contributed by atoms with Crippen LogP contribution in [0.15, 0.2) is 30.3 Å². The van der Waals surface area contributed by atoms with Crippen LogP contribution in [0.5, 0.6) is 0 Å². The molecule has 0 amide bonds. The van der Waals surface area contributed by atoms with E-state index in [0.717, 1.165) is 5.56 Å². The van der Waals surface area contributed by atoms with Crippen LogP contribution >= 0.6 is 0 Å². The summed E-state index contributed by atoms with van der Waals surface area (Å²) in [6.07, 6.45) is 1.79. The monoisotopic (exact) mass is 376 g/mol. The van der Waals surface area contributed by atoms with E-state index >= 15 is 0 Å². The number of benzene rings is 1. The van der Waals surface area contributed by atoms with Gasteiger partial charge < -0.3 is 4.74 Å². The number of rotatable bonds is 3. The summed E-state index contributed by atoms with van der Waals surface area (Å²) in [5.41, 5.74) is -0.0215. The molecule has 1 N–H and O–H groups in total. The topological polar surface area (TPSA) is 103 Å². The molecule has 1 heterocycles. The fraction of sp³-hybridized carbons (Fsp3) is 0.412. The second-order valence-corrected chi connectivity index (χ2v) is 5.60. The standard InChI is InChI=1S/C15H19NO3.2CN.Cu/c1-2-19-14(18)15(12-7-4-3-5-8-12)10-6-9-13(17)11-16-15;2*1-2;/h3-5,7-8,16H,2,6,9-11H2,1H3;;;. The van der Waals surface area contributed by atoms with Crippen molar-refractivity contribution in [3.05, 3.63) is 35.9 Å². The molecule has 0 radical (unpaired) electrons. The first-order chi connectivity index (χ1) is 11.6. The molecular weight excluding hydrogens is 358 g/mol. The fourth-order valence-electron chi connectivity index (χ4n) is 2.51. The van der Waals surface area contributed by atoms with Crippen LogP contribution in [0.25, 0.3) is 0 Å². The van der Waals surface area contributed by atoms with Crippen molar-refractivity contribution in [2.45, 2.75) is 31.7 Å². The molecule has 1 atom stereocenters. The summed E-state index contributed by atoms with van der Waals surface area (Å²) in [5.74, 6) is -0.155. The van der Waals surface area contributed by atoms with Crippen LogP contribution in [-0.2, 0) is 34.8 Å². The van der Waals surface area contributed by atoms with Crippen molar-refractivity contribution in [1.82, 2.24) is 5.32 Å². The molecule has 1 saturated heterocycles. The van der Waals surface area contributed by atoms with E-state index in [1.807, 2.05) is 30.3 Å². The molecule has 0 bridgehead atoms. The number of carbonyl (C=O) groups is 2. The average molecular weight is 377 g/mol. The molecular formula is C17H19CuN3O3. The van der Waals surface area contributed by atoms with Gasteiger partial charge in [-0.25, -0.2) is 4.79 Å². The van der Waals surface area contributed by atoms with Crippen LogP contribution in [0.2, 0.25) is 0 Å². The van der Waals surface area contributed by atoms with E-state index < -0.39 is 5.54 Å². The van der Waals surface area contributed by atoms with Crippen molar-refractivity contribution in [2.75, 3.05) is 13.2 Å². The zero-order chi connectivity index (χ0) is 17.8. The first-order valence-corrected chi connectivity index (χ1v) is 8.37. The van der Waals surface area contributed by atoms with Crippen molar-refractivity contribution in [3.63, 3.8) is 0 Å². The van der Waals surface area contributed by atoms with Crippen LogP contribution in [0.1, 0.15) is 31.7 Å². The number of Topliss-reactive ketones (excluding diaryl/α,β-unsaturated/α-hetero) is 1. The Hall–Kier alpha value is -2.18. The van der Waals surface area contributed by atoms with Crippen molar-refractivity contribution < 1.29 is 29.3 Å². The van der Waals surface area contributed by atoms with Gasteiger partial charge in [0.1, 0.15) is 11.3 Å². The molecule has 0 aromatic heterocycles. The number of ether oxygens (including phenoxy) is 1. The maximum absolute atomic E-state index is 12.4. The zero-order valence-electron chi connectivity index (χ0n) is 13.3. The third kappa shape index (κ3) is 5.47. The predicted molar refractivity (Wildman–Crippen MR) is 82.8 cm³/mol. The average Bonchev–Trinajstić information content (AvgIpc) is 2.80. The quantitative estimate of drug-likeness (QED) is 0.637. The molecule has 6 nitrogen and oxygen atoms in total. The van der Waals surface area contributed by atoms with Crippen LogP contribution in [0.4, 0.5) is 0 Å². The molecule has 0 aliphatic carbocycles. The predicted octanol–water partition coefficient (Wildman–Crippen LogP) is 1.82. The molecule has 1 aromatic carbocycles. The van der Waals surface area contributed by atoms with Crippen LogP contribution in [0.3, 0.4) is 0 Å². The summed E-state index contributed by atoms with van der Waals surface area (Å²) in [7, 11) is 0. The number of hydrogen-bond donors (Lipinski definition) is 1. The number of ketones is 1. The Bertz CT molecular complexity index is 625. The van der Waals surface area contributed by atoms with Gasteiger partial charge in [0, 0.05) is 6.42 Å². The Balaban J connectivity index is 0.000000505. The minimum absolute atomic E-state index is 0.141. The van der Waals surface area contributed by atoms with Gasteiger partial charge >= 0.3 is 41.4 Å². The van der Waals surface area contributed by atoms with E-state index in [-0.39, 0.29) is 18.3 Å². The van der Waals surface area contributed by atoms with E-state index in [4.69, 9.17) is 15.3 Å². The van der Waals surface area contributed by atoms with Gasteiger partial charge in [0.25, 0.3) is 0 Å². The van der Waals surface area contributed by atoms with Crippen LogP contribution in [-0.4, -0.2) is 24.9 Å². The summed E-state index contributed by atoms with van der Waals surface area (Å²) in [5, 5.41) is 18.2. The zero-order valence-corrected chi connectivity index (χ0v) is 14.3. The molecule has 0 saturated carbocycles. The normalized spacial score (nSPS) is 19.9. The van der Waals surface area contributed by atoms with E-state index in [9.17, 15) is 9.59 Å². The van der Waals surface area contributed by atoms with Crippen LogP contribution < -0.4 is 5.32 Å². The van der Waals surface area contributed by atoms with Crippen LogP contribution in [0, 0.1) is 20.5 Å². The summed E-state index contributed by atoms with van der Waals surface area (Å²) in [6, 6.07) is 9.50. The van der Waals surface area contributed by atoms with E-state index in [1.54, 1.807) is 16.9 Å². The Kier molecular flexibility index (Phi) is 8.75. The summed E-state index contributed by atoms with van der Waals surface area (Å²) >= 11 is 0.646. The molecule has 1 fully saturated rings. The summed E-state index contributed by atoms with van der Waals surface area (Å²) in [4.78, 5) is 27.1. The van der Waals surface area contributed by atoms with Gasteiger partial charge in [0.15, 0.2) is 0 Å². The van der Waals surface area contributed by atoms with E-state index in [1.165, 1.54) is 0 Å². The Morgan fingerprint density at radius 2 is 2.00 bits per heavy atom. The number of nitriles is 2. The number of esters is 1. The van der Waals surface area contributed by atoms with Crippen molar-refractivity contribution >= 4 is 11.8 Å². The third-order valence-electron chi connectivity index (χ3n) is 3.55. The number of hydrogen-bond acceptors (Lipinski definition) is 6. The SMILES string of the molecule is CCOC(=O)C1(c2ccccc2)CCCC(=O)CN1.N#[C][Cu][C]#N. The van der Waals surface area contributed by atoms with Crippen molar-refractivity contribution in [2.24, 2.45) is 0 Å². The third-order valence-corrected chi connectivity index (χ3v) is 3.76. The molecule has 131 valence electrons. The van der Waals surface area contributed by atoms with E-state index in [0.29, 0.717) is 40.8 Å². The number of carbonyl (C=O) groups excluding carboxylic acids is 2. The fourth-order valence-corrected chi connectivity index (χ4v) is 2.55. The first kappa shape index (κ1) is 19.9. The molecule has 1 aliphatic heterocycles. The molecule has 1 unspecified atom stereocenters.